The van der Waals surface area contributed by atoms with Crippen molar-refractivity contribution in [3.8, 4) is 0 Å². The molecule has 0 unspecified atom stereocenters. The first-order valence-corrected chi connectivity index (χ1v) is 5.99. The number of ether oxygens (including phenoxy) is 1. The van der Waals surface area contributed by atoms with Crippen LogP contribution >= 0.6 is 11.6 Å². The van der Waals surface area contributed by atoms with Gasteiger partial charge in [-0.1, -0.05) is 23.7 Å². The van der Waals surface area contributed by atoms with Crippen molar-refractivity contribution in [3.63, 3.8) is 0 Å². The van der Waals surface area contributed by atoms with Crippen LogP contribution in [0.3, 0.4) is 0 Å². The molecule has 0 aliphatic rings. The van der Waals surface area contributed by atoms with E-state index in [4.69, 9.17) is 20.8 Å². The third-order valence-electron chi connectivity index (χ3n) is 2.28. The predicted octanol–water partition coefficient (Wildman–Crippen LogP) is 3.83. The van der Waals surface area contributed by atoms with Gasteiger partial charge < -0.3 is 9.15 Å². The van der Waals surface area contributed by atoms with Crippen LogP contribution in [0.1, 0.15) is 11.3 Å². The molecular weight excluding hydrogens is 266 g/mol. The fourth-order valence-corrected chi connectivity index (χ4v) is 1.48. The van der Waals surface area contributed by atoms with Crippen LogP contribution in [-0.4, -0.2) is 6.09 Å². The minimum Gasteiger partial charge on any atom is -0.465 e. The number of carbonyl (C=O) groups excluding carboxylic acids is 1. The number of halogens is 1. The Kier molecular flexibility index (Phi) is 4.64. The first-order valence-electron chi connectivity index (χ1n) is 5.62. The van der Waals surface area contributed by atoms with Gasteiger partial charge in [-0.05, 0) is 35.9 Å². The molecule has 0 saturated heterocycles. The zero-order valence-corrected chi connectivity index (χ0v) is 10.8. The number of hydrogen-bond acceptors (Lipinski definition) is 3. The highest BCUT2D eigenvalue weighted by atomic mass is 35.5. The van der Waals surface area contributed by atoms with Crippen molar-refractivity contribution in [1.82, 2.24) is 5.32 Å². The smallest absolute Gasteiger partial charge is 0.411 e. The summed E-state index contributed by atoms with van der Waals surface area (Å²) in [6, 6.07) is 10.6. The van der Waals surface area contributed by atoms with E-state index < -0.39 is 6.09 Å². The average Bonchev–Trinajstić information content (AvgIpc) is 2.91. The van der Waals surface area contributed by atoms with Crippen LogP contribution in [0.25, 0.3) is 6.08 Å². The van der Waals surface area contributed by atoms with Gasteiger partial charge in [0.05, 0.1) is 6.26 Å². The van der Waals surface area contributed by atoms with Gasteiger partial charge in [0, 0.05) is 11.2 Å². The van der Waals surface area contributed by atoms with Gasteiger partial charge in [-0.25, -0.2) is 4.79 Å². The fourth-order valence-electron chi connectivity index (χ4n) is 1.35. The van der Waals surface area contributed by atoms with Gasteiger partial charge in [0.15, 0.2) is 0 Å². The molecule has 0 saturated carbocycles. The Morgan fingerprint density at radius 1 is 1.32 bits per heavy atom. The van der Waals surface area contributed by atoms with Crippen LogP contribution in [0.15, 0.2) is 53.3 Å². The van der Waals surface area contributed by atoms with Crippen molar-refractivity contribution in [1.29, 1.82) is 0 Å². The van der Waals surface area contributed by atoms with E-state index in [-0.39, 0.29) is 6.61 Å². The lowest BCUT2D eigenvalue weighted by atomic mass is 10.2. The highest BCUT2D eigenvalue weighted by Gasteiger charge is 2.00. The molecule has 98 valence electrons. The van der Waals surface area contributed by atoms with E-state index in [0.29, 0.717) is 10.8 Å². The second-order valence-corrected chi connectivity index (χ2v) is 4.13. The number of amides is 1. The molecule has 0 bridgehead atoms. The van der Waals surface area contributed by atoms with Gasteiger partial charge in [0.2, 0.25) is 0 Å². The normalized spacial score (nSPS) is 10.6. The van der Waals surface area contributed by atoms with Crippen molar-refractivity contribution in [3.05, 3.63) is 65.2 Å². The number of furan rings is 1. The van der Waals surface area contributed by atoms with Gasteiger partial charge >= 0.3 is 6.09 Å². The molecule has 1 amide bonds. The Morgan fingerprint density at radius 2 is 2.11 bits per heavy atom. The zero-order chi connectivity index (χ0) is 13.5. The molecule has 0 fully saturated rings. The van der Waals surface area contributed by atoms with Gasteiger partial charge in [-0.15, -0.1) is 0 Å². The summed E-state index contributed by atoms with van der Waals surface area (Å²) >= 11 is 5.75. The molecule has 0 aliphatic carbocycles. The molecule has 4 nitrogen and oxygen atoms in total. The minimum absolute atomic E-state index is 0.192. The monoisotopic (exact) mass is 277 g/mol. The summed E-state index contributed by atoms with van der Waals surface area (Å²) in [4.78, 5) is 11.4. The second-order valence-electron chi connectivity index (χ2n) is 3.70. The lowest BCUT2D eigenvalue weighted by molar-refractivity contribution is 0.143. The number of nitrogens with one attached hydrogen (secondary N) is 1. The Labute approximate surface area is 115 Å². The second kappa shape index (κ2) is 6.66. The summed E-state index contributed by atoms with van der Waals surface area (Å²) in [5, 5.41) is 3.12. The van der Waals surface area contributed by atoms with Crippen molar-refractivity contribution >= 4 is 23.8 Å². The topological polar surface area (TPSA) is 51.5 Å². The standard InChI is InChI=1S/C14H12ClNO3/c15-12-5-3-11(4-6-12)10-19-14(17)16-8-7-13-2-1-9-18-13/h1-9H,10H2,(H,16,17). The maximum atomic E-state index is 11.4. The van der Waals surface area contributed by atoms with Crippen LogP contribution in [0.2, 0.25) is 5.02 Å². The summed E-state index contributed by atoms with van der Waals surface area (Å²) in [5.74, 6) is 0.651. The van der Waals surface area contributed by atoms with Crippen molar-refractivity contribution in [2.75, 3.05) is 0 Å². The third kappa shape index (κ3) is 4.52. The molecule has 0 spiro atoms. The van der Waals surface area contributed by atoms with Crippen molar-refractivity contribution in [2.45, 2.75) is 6.61 Å². The first kappa shape index (κ1) is 13.2. The average molecular weight is 278 g/mol. The van der Waals surface area contributed by atoms with Crippen LogP contribution in [0.4, 0.5) is 4.79 Å². The SMILES string of the molecule is O=C(NC=Cc1ccco1)OCc1ccc(Cl)cc1. The molecule has 5 heteroatoms. The van der Waals surface area contributed by atoms with Crippen molar-refractivity contribution < 1.29 is 13.9 Å². The molecule has 0 atom stereocenters. The van der Waals surface area contributed by atoms with E-state index in [9.17, 15) is 4.79 Å². The molecule has 1 aromatic heterocycles. The molecular formula is C14H12ClNO3. The van der Waals surface area contributed by atoms with E-state index in [1.807, 2.05) is 0 Å². The van der Waals surface area contributed by atoms with Crippen LogP contribution in [0, 0.1) is 0 Å². The summed E-state index contributed by atoms with van der Waals surface area (Å²) in [7, 11) is 0. The Hall–Kier alpha value is -2.20. The highest BCUT2D eigenvalue weighted by molar-refractivity contribution is 6.30. The summed E-state index contributed by atoms with van der Waals surface area (Å²) in [6.45, 7) is 0.192. The Morgan fingerprint density at radius 3 is 2.79 bits per heavy atom. The molecule has 2 rings (SSSR count). The lowest BCUT2D eigenvalue weighted by Crippen LogP contribution is -2.18. The molecule has 19 heavy (non-hydrogen) atoms. The number of rotatable bonds is 4. The largest absolute Gasteiger partial charge is 0.465 e. The fraction of sp³-hybridized carbons (Fsp3) is 0.0714. The van der Waals surface area contributed by atoms with Gasteiger partial charge in [-0.2, -0.15) is 0 Å². The minimum atomic E-state index is -0.530. The molecule has 1 N–H and O–H groups in total. The molecule has 2 aromatic rings. The molecule has 0 radical (unpaired) electrons. The first-order chi connectivity index (χ1) is 9.24. The number of hydrogen-bond donors (Lipinski definition) is 1. The number of alkyl carbamates (subject to hydrolysis) is 1. The Bertz CT molecular complexity index is 547. The maximum absolute atomic E-state index is 11.4. The summed E-state index contributed by atoms with van der Waals surface area (Å²) in [5.41, 5.74) is 0.870. The molecule has 1 heterocycles. The van der Waals surface area contributed by atoms with E-state index in [1.165, 1.54) is 6.20 Å². The lowest BCUT2D eigenvalue weighted by Gasteiger charge is -2.04. The third-order valence-corrected chi connectivity index (χ3v) is 2.53. The summed E-state index contributed by atoms with van der Waals surface area (Å²) in [6.07, 6.45) is 4.11. The predicted molar refractivity (Wildman–Crippen MR) is 72.5 cm³/mol. The van der Waals surface area contributed by atoms with Gasteiger partial charge in [0.25, 0.3) is 0 Å². The van der Waals surface area contributed by atoms with Crippen LogP contribution in [0.5, 0.6) is 0 Å². The summed E-state index contributed by atoms with van der Waals surface area (Å²) < 4.78 is 10.1. The van der Waals surface area contributed by atoms with E-state index in [0.717, 1.165) is 5.56 Å². The van der Waals surface area contributed by atoms with E-state index in [2.05, 4.69) is 5.32 Å². The maximum Gasteiger partial charge on any atom is 0.411 e. The van der Waals surface area contributed by atoms with Crippen LogP contribution in [-0.2, 0) is 11.3 Å². The zero-order valence-electron chi connectivity index (χ0n) is 10.0. The van der Waals surface area contributed by atoms with Crippen molar-refractivity contribution in [2.24, 2.45) is 0 Å². The van der Waals surface area contributed by atoms with E-state index >= 15 is 0 Å². The molecule has 1 aromatic carbocycles. The Balaban J connectivity index is 1.74. The van der Waals surface area contributed by atoms with Gasteiger partial charge in [0.1, 0.15) is 12.4 Å². The van der Waals surface area contributed by atoms with E-state index in [1.54, 1.807) is 48.7 Å². The number of carbonyl (C=O) groups is 1. The number of benzene rings is 1. The molecule has 0 aliphatic heterocycles. The van der Waals surface area contributed by atoms with Gasteiger partial charge in [-0.3, -0.25) is 5.32 Å². The highest BCUT2D eigenvalue weighted by Crippen LogP contribution is 2.10. The quantitative estimate of drug-likeness (QED) is 0.924. The van der Waals surface area contributed by atoms with Crippen LogP contribution < -0.4 is 5.32 Å².